The third-order valence-corrected chi connectivity index (χ3v) is 21.5. The van der Waals surface area contributed by atoms with Gasteiger partial charge in [-0.3, -0.25) is 42.9 Å². The largest absolute Gasteiger partial charge is 0.493 e. The maximum atomic E-state index is 14.4. The standard InChI is InChI=1S/C27H28F2N2O8S.C27H26F2N2O8S.C25H23BrF2N2O8S/c2*1-5-18-16(13-24(32)33)12-22(37-3)26(25(18)38-4)39-21-9-7-15(27(34)30-6-2)11-20(21)31-40(35,36)23-10-8-17(28)14-19(23)29;1-4-29-25(33)13-5-7-18(17(9-13)30-39(34,35)20-8-6-15(27)12-16(20)28)38-23-19(36-2)10-14(11-21(31)32)22(26)24(23)37-3/h7-12,14,31H,5-6,13H2,1-4H3,(H,30,34)(H,32,33);5,7-12,14,31H,1,6,13H2,2-4H3,(H,30,34)(H,32,33);5-10,12,30H,4,11H2,1-3H3,(H,29,33)(H,31,32). The van der Waals surface area contributed by atoms with Crippen LogP contribution in [0.5, 0.6) is 69.0 Å². The van der Waals surface area contributed by atoms with Gasteiger partial charge in [0.15, 0.2) is 51.7 Å². The molecule has 0 fully saturated rings. The molecule has 9 N–H and O–H groups in total. The molecule has 0 unspecified atom stereocenters. The summed E-state index contributed by atoms with van der Waals surface area (Å²) >= 11 is 3.30. The highest BCUT2D eigenvalue weighted by molar-refractivity contribution is 9.10. The lowest BCUT2D eigenvalue weighted by atomic mass is 9.99. The van der Waals surface area contributed by atoms with Crippen LogP contribution in [0, 0.1) is 34.9 Å². The highest BCUT2D eigenvalue weighted by Crippen LogP contribution is 2.51. The lowest BCUT2D eigenvalue weighted by Crippen LogP contribution is -2.23. The van der Waals surface area contributed by atoms with Gasteiger partial charge in [0.05, 0.1) is 83.5 Å². The molecule has 40 heteroatoms. The van der Waals surface area contributed by atoms with E-state index in [2.05, 4.69) is 52.6 Å². The van der Waals surface area contributed by atoms with Gasteiger partial charge in [-0.05, 0) is 169 Å². The van der Waals surface area contributed by atoms with Gasteiger partial charge in [-0.25, -0.2) is 51.6 Å². The number of methoxy groups -OCH3 is 6. The quantitative estimate of drug-likeness (QED) is 0.0167. The first-order valence-electron chi connectivity index (χ1n) is 34.8. The first-order valence-corrected chi connectivity index (χ1v) is 40.1. The summed E-state index contributed by atoms with van der Waals surface area (Å²) in [4.78, 5) is 69.0. The molecule has 30 nitrogen and oxygen atoms in total. The third kappa shape index (κ3) is 23.2. The molecule has 0 saturated heterocycles. The zero-order valence-corrected chi connectivity index (χ0v) is 68.7. The number of hydrogen-bond donors (Lipinski definition) is 9. The number of hydrogen-bond acceptors (Lipinski definition) is 21. The minimum Gasteiger partial charge on any atom is -0.493 e. The van der Waals surface area contributed by atoms with Crippen molar-refractivity contribution in [1.82, 2.24) is 16.0 Å². The molecule has 0 aliphatic carbocycles. The van der Waals surface area contributed by atoms with Gasteiger partial charge >= 0.3 is 17.9 Å². The number of rotatable bonds is 35. The van der Waals surface area contributed by atoms with Crippen molar-refractivity contribution < 1.29 is 138 Å². The van der Waals surface area contributed by atoms with Crippen LogP contribution >= 0.6 is 15.9 Å². The minimum atomic E-state index is -4.64. The molecule has 0 heterocycles. The number of halogens is 7. The van der Waals surface area contributed by atoms with Crippen molar-refractivity contribution in [2.75, 3.05) is 76.5 Å². The van der Waals surface area contributed by atoms with Gasteiger partial charge in [-0.1, -0.05) is 19.6 Å². The molecular weight excluding hydrogens is 1710 g/mol. The Kier molecular flexibility index (Phi) is 32.3. The molecule has 119 heavy (non-hydrogen) atoms. The normalized spacial score (nSPS) is 11.0. The number of carboxylic acid groups (broad SMARTS) is 3. The fourth-order valence-corrected chi connectivity index (χ4v) is 15.2. The van der Waals surface area contributed by atoms with Crippen molar-refractivity contribution >= 4 is 105 Å². The molecule has 0 atom stereocenters. The predicted octanol–water partition coefficient (Wildman–Crippen LogP) is 13.8. The summed E-state index contributed by atoms with van der Waals surface area (Å²) in [6.07, 6.45) is 0.660. The highest BCUT2D eigenvalue weighted by atomic mass is 79.9. The second-order valence-electron chi connectivity index (χ2n) is 24.3. The Morgan fingerprint density at radius 1 is 0.387 bits per heavy atom. The van der Waals surface area contributed by atoms with Gasteiger partial charge in [0.1, 0.15) is 49.6 Å². The monoisotopic (exact) mass is 1780 g/mol. The average Bonchev–Trinajstić information content (AvgIpc) is 0.784. The molecule has 0 aliphatic rings. The van der Waals surface area contributed by atoms with Gasteiger partial charge in [-0.2, -0.15) is 0 Å². The van der Waals surface area contributed by atoms with E-state index < -0.39 is 115 Å². The topological polar surface area (TPSA) is 421 Å². The van der Waals surface area contributed by atoms with E-state index in [1.807, 2.05) is 0 Å². The van der Waals surface area contributed by atoms with E-state index in [-0.39, 0.29) is 132 Å². The van der Waals surface area contributed by atoms with Gasteiger partial charge < -0.3 is 73.9 Å². The summed E-state index contributed by atoms with van der Waals surface area (Å²) < 4.78 is 219. The molecule has 0 bridgehead atoms. The minimum absolute atomic E-state index is 0.00941. The number of ether oxygens (including phenoxy) is 9. The Morgan fingerprint density at radius 2 is 0.689 bits per heavy atom. The molecule has 0 aliphatic heterocycles. The summed E-state index contributed by atoms with van der Waals surface area (Å²) in [7, 11) is -6.00. The number of amides is 3. The lowest BCUT2D eigenvalue weighted by Gasteiger charge is -2.21. The molecule has 9 aromatic rings. The zero-order chi connectivity index (χ0) is 88.1. The summed E-state index contributed by atoms with van der Waals surface area (Å²) in [6, 6.07) is 21.7. The highest BCUT2D eigenvalue weighted by Gasteiger charge is 2.32. The van der Waals surface area contributed by atoms with E-state index in [4.69, 9.17) is 42.6 Å². The first kappa shape index (κ1) is 93.2. The average molecular weight is 1780 g/mol. The second-order valence-corrected chi connectivity index (χ2v) is 30.1. The maximum absolute atomic E-state index is 14.4. The van der Waals surface area contributed by atoms with Crippen LogP contribution in [0.15, 0.2) is 153 Å². The van der Waals surface area contributed by atoms with E-state index >= 15 is 0 Å². The Morgan fingerprint density at radius 3 is 0.983 bits per heavy atom. The lowest BCUT2D eigenvalue weighted by molar-refractivity contribution is -0.137. The summed E-state index contributed by atoms with van der Waals surface area (Å²) in [6.45, 7) is 11.5. The molecule has 9 aromatic carbocycles. The van der Waals surface area contributed by atoms with Crippen LogP contribution in [0.2, 0.25) is 0 Å². The Hall–Kier alpha value is -13.0. The molecular formula is C79H77BrF6N6O24S3. The molecule has 3 amide bonds. The zero-order valence-electron chi connectivity index (χ0n) is 64.6. The third-order valence-electron chi connectivity index (χ3n) is 16.5. The Bertz CT molecular complexity index is 5750. The molecule has 0 spiro atoms. The smallest absolute Gasteiger partial charge is 0.307 e. The van der Waals surface area contributed by atoms with Crippen molar-refractivity contribution in [2.45, 2.75) is 68.1 Å². The van der Waals surface area contributed by atoms with Crippen LogP contribution in [0.4, 0.5) is 43.4 Å². The van der Waals surface area contributed by atoms with Crippen molar-refractivity contribution in [1.29, 1.82) is 0 Å². The number of aliphatic carboxylic acids is 3. The second kappa shape index (κ2) is 41.2. The summed E-state index contributed by atoms with van der Waals surface area (Å²) in [5, 5.41) is 35.6. The fourth-order valence-electron chi connectivity index (χ4n) is 11.2. The van der Waals surface area contributed by atoms with Crippen molar-refractivity contribution in [3.05, 3.63) is 218 Å². The summed E-state index contributed by atoms with van der Waals surface area (Å²) in [5.74, 6) is -11.8. The van der Waals surface area contributed by atoms with Gasteiger partial charge in [0, 0.05) is 65.7 Å². The van der Waals surface area contributed by atoms with Gasteiger partial charge in [0.2, 0.25) is 17.2 Å². The molecule has 0 radical (unpaired) electrons. The number of benzene rings is 9. The molecule has 0 aromatic heterocycles. The maximum Gasteiger partial charge on any atom is 0.307 e. The van der Waals surface area contributed by atoms with Gasteiger partial charge in [0.25, 0.3) is 47.8 Å². The molecule has 0 saturated carbocycles. The van der Waals surface area contributed by atoms with E-state index in [9.17, 15) is 95.7 Å². The fraction of sp³-hybridized carbons (Fsp3) is 0.215. The van der Waals surface area contributed by atoms with Crippen molar-refractivity contribution in [3.63, 3.8) is 0 Å². The van der Waals surface area contributed by atoms with Crippen LogP contribution in [0.25, 0.3) is 6.08 Å². The SMILES string of the molecule is C=Cc1c(CC(=O)O)cc(OC)c(Oc2ccc(C(=O)NCC)cc2NS(=O)(=O)c2ccc(F)cc2F)c1OC.CCNC(=O)c1ccc(Oc2c(OC)cc(CC(=O)O)c(Br)c2OC)c(NS(=O)(=O)c2ccc(F)cc2F)c1.CCNC(=O)c1ccc(Oc2c(OC)cc(CC(=O)O)c(CC)c2OC)c(NS(=O)(=O)c2ccc(F)cc2F)c1. The van der Waals surface area contributed by atoms with Crippen LogP contribution in [0.1, 0.15) is 86.6 Å². The van der Waals surface area contributed by atoms with E-state index in [0.29, 0.717) is 66.5 Å². The Balaban J connectivity index is 0.000000246. The van der Waals surface area contributed by atoms with E-state index in [1.54, 1.807) is 27.7 Å². The first-order chi connectivity index (χ1) is 56.3. The van der Waals surface area contributed by atoms with Crippen molar-refractivity contribution in [3.8, 4) is 69.0 Å². The van der Waals surface area contributed by atoms with Crippen LogP contribution < -0.4 is 72.7 Å². The van der Waals surface area contributed by atoms with Crippen LogP contribution in [0.3, 0.4) is 0 Å². The van der Waals surface area contributed by atoms with Crippen LogP contribution in [-0.2, 0) is 70.1 Å². The number of sulfonamides is 3. The molecule has 634 valence electrons. The molecule has 9 rings (SSSR count). The van der Waals surface area contributed by atoms with E-state index in [1.165, 1.54) is 122 Å². The number of anilines is 3. The van der Waals surface area contributed by atoms with Crippen molar-refractivity contribution in [2.24, 2.45) is 0 Å². The number of carboxylic acids is 3. The van der Waals surface area contributed by atoms with Crippen LogP contribution in [-0.4, -0.2) is 138 Å². The number of carbonyl (C=O) groups excluding carboxylic acids is 3. The van der Waals surface area contributed by atoms with E-state index in [0.717, 1.165) is 36.4 Å². The predicted molar refractivity (Wildman–Crippen MR) is 425 cm³/mol. The Labute approximate surface area is 686 Å². The van der Waals surface area contributed by atoms with Gasteiger partial charge in [-0.15, -0.1) is 0 Å². The summed E-state index contributed by atoms with van der Waals surface area (Å²) in [5.41, 5.74) is 1.24. The number of carbonyl (C=O) groups is 6. The number of nitrogens with one attached hydrogen (secondary N) is 6.